The van der Waals surface area contributed by atoms with Crippen LogP contribution in [0.5, 0.6) is 0 Å². The molecule has 1 aromatic carbocycles. The number of nitrogens with two attached hydrogens (primary N) is 1. The van der Waals surface area contributed by atoms with Crippen LogP contribution in [0.4, 0.5) is 5.82 Å². The number of aromatic nitrogens is 1. The molecule has 0 bridgehead atoms. The Balaban J connectivity index is 2.49. The Labute approximate surface area is 96.1 Å². The molecule has 1 aromatic heterocycles. The van der Waals surface area contributed by atoms with Crippen molar-refractivity contribution in [2.75, 3.05) is 5.73 Å². The molecule has 2 nitrogen and oxygen atoms in total. The number of aryl methyl sites for hydroxylation is 2. The molecule has 2 rings (SSSR count). The average Bonchev–Trinajstić information content (AvgIpc) is 2.29. The minimum absolute atomic E-state index is 0.577. The SMILES string of the molecule is CCc1cccc(-c2ccc(N)nc2C)c1. The van der Waals surface area contributed by atoms with Gasteiger partial charge in [0, 0.05) is 11.3 Å². The number of benzene rings is 1. The minimum Gasteiger partial charge on any atom is -0.384 e. The lowest BCUT2D eigenvalue weighted by molar-refractivity contribution is 1.14. The van der Waals surface area contributed by atoms with Crippen LogP contribution in [0.3, 0.4) is 0 Å². The molecule has 0 radical (unpaired) electrons. The highest BCUT2D eigenvalue weighted by molar-refractivity contribution is 5.67. The summed E-state index contributed by atoms with van der Waals surface area (Å²) in [6.45, 7) is 4.15. The Hall–Kier alpha value is -1.83. The Morgan fingerprint density at radius 3 is 2.69 bits per heavy atom. The first-order chi connectivity index (χ1) is 7.70. The smallest absolute Gasteiger partial charge is 0.123 e. The molecule has 0 spiro atoms. The summed E-state index contributed by atoms with van der Waals surface area (Å²) >= 11 is 0. The number of nitrogens with zero attached hydrogens (tertiary/aromatic N) is 1. The van der Waals surface area contributed by atoms with Crippen LogP contribution < -0.4 is 5.73 Å². The summed E-state index contributed by atoms with van der Waals surface area (Å²) in [6, 6.07) is 12.4. The first kappa shape index (κ1) is 10.7. The van der Waals surface area contributed by atoms with Crippen LogP contribution in [-0.2, 0) is 6.42 Å². The van der Waals surface area contributed by atoms with Gasteiger partial charge in [0.1, 0.15) is 5.82 Å². The molecule has 0 unspecified atom stereocenters. The maximum absolute atomic E-state index is 5.65. The Bertz CT molecular complexity index is 504. The summed E-state index contributed by atoms with van der Waals surface area (Å²) in [4.78, 5) is 4.28. The topological polar surface area (TPSA) is 38.9 Å². The zero-order valence-electron chi connectivity index (χ0n) is 9.70. The fraction of sp³-hybridized carbons (Fsp3) is 0.214. The Morgan fingerprint density at radius 2 is 2.00 bits per heavy atom. The van der Waals surface area contributed by atoms with Gasteiger partial charge in [0.25, 0.3) is 0 Å². The fourth-order valence-corrected chi connectivity index (χ4v) is 1.84. The highest BCUT2D eigenvalue weighted by atomic mass is 14.8. The summed E-state index contributed by atoms with van der Waals surface area (Å²) in [5.41, 5.74) is 10.3. The van der Waals surface area contributed by atoms with Crippen molar-refractivity contribution in [1.82, 2.24) is 4.98 Å². The van der Waals surface area contributed by atoms with E-state index in [9.17, 15) is 0 Å². The molecule has 0 aliphatic heterocycles. The molecular weight excluding hydrogens is 196 g/mol. The Morgan fingerprint density at radius 1 is 1.19 bits per heavy atom. The highest BCUT2D eigenvalue weighted by Crippen LogP contribution is 2.23. The molecule has 0 saturated heterocycles. The van der Waals surface area contributed by atoms with Crippen molar-refractivity contribution >= 4 is 5.82 Å². The first-order valence-electron chi connectivity index (χ1n) is 5.53. The van der Waals surface area contributed by atoms with Crippen molar-refractivity contribution in [1.29, 1.82) is 0 Å². The van der Waals surface area contributed by atoms with E-state index >= 15 is 0 Å². The molecule has 0 atom stereocenters. The number of rotatable bonds is 2. The van der Waals surface area contributed by atoms with Gasteiger partial charge in [-0.05, 0) is 36.6 Å². The lowest BCUT2D eigenvalue weighted by Crippen LogP contribution is -1.94. The summed E-state index contributed by atoms with van der Waals surface area (Å²) in [7, 11) is 0. The molecule has 0 aliphatic carbocycles. The lowest BCUT2D eigenvalue weighted by Gasteiger charge is -2.07. The van der Waals surface area contributed by atoms with Gasteiger partial charge in [0.2, 0.25) is 0 Å². The molecule has 16 heavy (non-hydrogen) atoms. The summed E-state index contributed by atoms with van der Waals surface area (Å²) in [5.74, 6) is 0.577. The van der Waals surface area contributed by atoms with Gasteiger partial charge in [-0.1, -0.05) is 31.2 Å². The predicted molar refractivity (Wildman–Crippen MR) is 68.2 cm³/mol. The molecule has 0 aliphatic rings. The molecule has 1 heterocycles. The third-order valence-electron chi connectivity index (χ3n) is 2.75. The normalized spacial score (nSPS) is 10.4. The number of hydrogen-bond acceptors (Lipinski definition) is 2. The van der Waals surface area contributed by atoms with E-state index in [1.54, 1.807) is 0 Å². The number of anilines is 1. The largest absolute Gasteiger partial charge is 0.384 e. The van der Waals surface area contributed by atoms with Gasteiger partial charge in [-0.3, -0.25) is 0 Å². The van der Waals surface area contributed by atoms with Crippen LogP contribution in [0.1, 0.15) is 18.2 Å². The predicted octanol–water partition coefficient (Wildman–Crippen LogP) is 3.20. The van der Waals surface area contributed by atoms with E-state index < -0.39 is 0 Å². The van der Waals surface area contributed by atoms with Gasteiger partial charge in [-0.15, -0.1) is 0 Å². The van der Waals surface area contributed by atoms with Gasteiger partial charge < -0.3 is 5.73 Å². The quantitative estimate of drug-likeness (QED) is 0.830. The third-order valence-corrected chi connectivity index (χ3v) is 2.75. The van der Waals surface area contributed by atoms with E-state index in [-0.39, 0.29) is 0 Å². The molecular formula is C14H16N2. The van der Waals surface area contributed by atoms with E-state index in [4.69, 9.17) is 5.73 Å². The van der Waals surface area contributed by atoms with Crippen LogP contribution in [0, 0.1) is 6.92 Å². The van der Waals surface area contributed by atoms with Crippen molar-refractivity contribution in [3.63, 3.8) is 0 Å². The van der Waals surface area contributed by atoms with Crippen molar-refractivity contribution in [3.8, 4) is 11.1 Å². The second-order valence-corrected chi connectivity index (χ2v) is 3.92. The van der Waals surface area contributed by atoms with Crippen LogP contribution in [0.15, 0.2) is 36.4 Å². The van der Waals surface area contributed by atoms with Crippen LogP contribution >= 0.6 is 0 Å². The zero-order valence-corrected chi connectivity index (χ0v) is 9.70. The second-order valence-electron chi connectivity index (χ2n) is 3.92. The number of pyridine rings is 1. The number of hydrogen-bond donors (Lipinski definition) is 1. The van der Waals surface area contributed by atoms with Gasteiger partial charge in [0.15, 0.2) is 0 Å². The molecule has 0 amide bonds. The van der Waals surface area contributed by atoms with Crippen molar-refractivity contribution in [2.45, 2.75) is 20.3 Å². The van der Waals surface area contributed by atoms with E-state index in [1.807, 2.05) is 19.1 Å². The van der Waals surface area contributed by atoms with E-state index in [1.165, 1.54) is 11.1 Å². The molecule has 2 heteroatoms. The Kier molecular flexibility index (Phi) is 2.91. The van der Waals surface area contributed by atoms with Gasteiger partial charge in [0.05, 0.1) is 0 Å². The van der Waals surface area contributed by atoms with Crippen LogP contribution in [0.2, 0.25) is 0 Å². The van der Waals surface area contributed by atoms with Crippen molar-refractivity contribution < 1.29 is 0 Å². The van der Waals surface area contributed by atoms with Gasteiger partial charge >= 0.3 is 0 Å². The van der Waals surface area contributed by atoms with Crippen LogP contribution in [0.25, 0.3) is 11.1 Å². The summed E-state index contributed by atoms with van der Waals surface area (Å²) in [6.07, 6.45) is 1.05. The average molecular weight is 212 g/mol. The van der Waals surface area contributed by atoms with E-state index in [2.05, 4.69) is 36.2 Å². The maximum atomic E-state index is 5.65. The van der Waals surface area contributed by atoms with Crippen LogP contribution in [-0.4, -0.2) is 4.98 Å². The maximum Gasteiger partial charge on any atom is 0.123 e. The van der Waals surface area contributed by atoms with E-state index in [0.29, 0.717) is 5.82 Å². The third kappa shape index (κ3) is 2.06. The molecule has 2 aromatic rings. The lowest BCUT2D eigenvalue weighted by atomic mass is 10.0. The highest BCUT2D eigenvalue weighted by Gasteiger charge is 2.03. The molecule has 2 N–H and O–H groups in total. The molecule has 0 fully saturated rings. The standard InChI is InChI=1S/C14H16N2/c1-3-11-5-4-6-12(9-11)13-7-8-14(15)16-10(13)2/h4-9H,3H2,1-2H3,(H2,15,16). The van der Waals surface area contributed by atoms with Crippen molar-refractivity contribution in [3.05, 3.63) is 47.7 Å². The monoisotopic (exact) mass is 212 g/mol. The summed E-state index contributed by atoms with van der Waals surface area (Å²) in [5, 5.41) is 0. The first-order valence-corrected chi connectivity index (χ1v) is 5.53. The minimum atomic E-state index is 0.577. The second kappa shape index (κ2) is 4.35. The fourth-order valence-electron chi connectivity index (χ4n) is 1.84. The zero-order chi connectivity index (χ0) is 11.5. The summed E-state index contributed by atoms with van der Waals surface area (Å²) < 4.78 is 0. The molecule has 82 valence electrons. The number of nitrogen functional groups attached to an aromatic ring is 1. The van der Waals surface area contributed by atoms with E-state index in [0.717, 1.165) is 17.7 Å². The van der Waals surface area contributed by atoms with Gasteiger partial charge in [-0.2, -0.15) is 0 Å². The van der Waals surface area contributed by atoms with Gasteiger partial charge in [-0.25, -0.2) is 4.98 Å². The molecule has 0 saturated carbocycles. The van der Waals surface area contributed by atoms with Crippen molar-refractivity contribution in [2.24, 2.45) is 0 Å².